The average molecular weight is 1050 g/mol. The van der Waals surface area contributed by atoms with Crippen molar-refractivity contribution in [3.63, 3.8) is 0 Å². The Hall–Kier alpha value is -6.31. The molecule has 1 atom stereocenters. The van der Waals surface area contributed by atoms with E-state index in [1.54, 1.807) is 31.1 Å². The Morgan fingerprint density at radius 1 is 0.947 bits per heavy atom. The summed E-state index contributed by atoms with van der Waals surface area (Å²) in [6.45, 7) is 12.6. The number of rotatable bonds is 15. The van der Waals surface area contributed by atoms with Gasteiger partial charge in [0.15, 0.2) is 0 Å². The molecule has 2 aliphatic heterocycles. The van der Waals surface area contributed by atoms with Gasteiger partial charge in [0.2, 0.25) is 0 Å². The van der Waals surface area contributed by atoms with Gasteiger partial charge in [-0.1, -0.05) is 50.2 Å². The van der Waals surface area contributed by atoms with Crippen LogP contribution >= 0.6 is 11.3 Å². The number of anilines is 3. The van der Waals surface area contributed by atoms with E-state index in [4.69, 9.17) is 20.2 Å². The molecule has 0 unspecified atom stereocenters. The molecule has 394 valence electrons. The molecule has 0 radical (unpaired) electrons. The Kier molecular flexibility index (Phi) is 14.0. The molecule has 2 aliphatic carbocycles. The van der Waals surface area contributed by atoms with E-state index in [1.165, 1.54) is 40.3 Å². The zero-order valence-corrected chi connectivity index (χ0v) is 44.9. The lowest BCUT2D eigenvalue weighted by molar-refractivity contribution is -0.0628. The molecule has 4 aliphatic rings. The molecule has 6 N–H and O–H groups in total. The number of carbonyl (C=O) groups excluding carboxylic acids is 1. The number of aromatic nitrogens is 4. The molecule has 6 heterocycles. The van der Waals surface area contributed by atoms with Crippen molar-refractivity contribution < 1.29 is 27.8 Å². The zero-order valence-electron chi connectivity index (χ0n) is 43.2. The predicted octanol–water partition coefficient (Wildman–Crippen LogP) is 9.85. The quantitative estimate of drug-likeness (QED) is 0.0607. The summed E-state index contributed by atoms with van der Waals surface area (Å²) in [7, 11) is -2.80. The van der Waals surface area contributed by atoms with Crippen LogP contribution < -0.4 is 30.1 Å². The molecule has 2 saturated carbocycles. The van der Waals surface area contributed by atoms with E-state index in [2.05, 4.69) is 102 Å². The van der Waals surface area contributed by atoms with Gasteiger partial charge in [-0.3, -0.25) is 14.6 Å². The number of amides is 1. The lowest BCUT2D eigenvalue weighted by atomic mass is 9.59. The van der Waals surface area contributed by atoms with E-state index in [-0.39, 0.29) is 32.8 Å². The van der Waals surface area contributed by atoms with Crippen molar-refractivity contribution in [2.45, 2.75) is 107 Å². The maximum Gasteiger partial charge on any atom is 0.270 e. The number of nitrogens with zero attached hydrogens (tertiary/aromatic N) is 6. The van der Waals surface area contributed by atoms with Crippen LogP contribution in [0, 0.1) is 11.3 Å². The van der Waals surface area contributed by atoms with Gasteiger partial charge in [0, 0.05) is 81.7 Å². The number of H-pyrrole nitrogens is 1. The number of thiazole rings is 1. The standard InChI is InChI=1S/C57H68N10O6S2/c1-36(2)43-7-5-6-8-44(43)47-34-65(33-38-9-11-41(72-4)12-10-38)23-24-67(47)40-28-57(29-40)18-21-66(22-19-57)50-27-48(73-42-25-39-15-20-59-54(39)62-31-42)45(32-60-50)55(68)64-75(70,71)49-26-46(58)51(53-52(49)63-35-74-53)61-30-37-13-16-56(3,69)17-14-37/h5-12,15,20,25-27,31-32,35-37,40,47,61,69H,13-14,16-19,21-24,28-30,33-34,58H2,1-4H3,(H,59,62)(H,64,68)/t37?,47-,56?/m0/s1. The zero-order chi connectivity index (χ0) is 52.1. The van der Waals surface area contributed by atoms with Gasteiger partial charge in [-0.15, -0.1) is 11.3 Å². The molecule has 1 spiro atoms. The first kappa shape index (κ1) is 50.8. The number of ether oxygens (including phenoxy) is 2. The number of nitrogens with one attached hydrogen (secondary N) is 3. The Bertz CT molecular complexity index is 3300. The number of benzene rings is 3. The number of aromatic amines is 1. The molecule has 0 bridgehead atoms. The summed E-state index contributed by atoms with van der Waals surface area (Å²) in [5.74, 6) is 1.88. The SMILES string of the molecule is COc1ccc(CN2CCN(C3CC4(CCN(c5cc(Oc6cnc7[nH]ccc7c6)c(C(=O)NS(=O)(=O)c6cc(N)c(NCC7CCC(C)(O)CC7)c7scnc67)cn5)CC4)C3)[C@H](c3ccccc3C(C)C)C2)cc1. The lowest BCUT2D eigenvalue weighted by Gasteiger charge is -2.58. The molecule has 18 heteroatoms. The van der Waals surface area contributed by atoms with Gasteiger partial charge in [-0.2, -0.15) is 0 Å². The van der Waals surface area contributed by atoms with E-state index in [0.29, 0.717) is 70.9 Å². The van der Waals surface area contributed by atoms with Crippen LogP contribution in [0.2, 0.25) is 0 Å². The topological polar surface area (TPSA) is 204 Å². The predicted molar refractivity (Wildman–Crippen MR) is 295 cm³/mol. The van der Waals surface area contributed by atoms with Crippen molar-refractivity contribution in [1.29, 1.82) is 0 Å². The summed E-state index contributed by atoms with van der Waals surface area (Å²) in [4.78, 5) is 38.6. The van der Waals surface area contributed by atoms with Crippen LogP contribution in [0.3, 0.4) is 0 Å². The van der Waals surface area contributed by atoms with E-state index < -0.39 is 21.5 Å². The number of nitrogens with two attached hydrogens (primary N) is 1. The number of nitrogen functional groups attached to an aromatic ring is 1. The maximum absolute atomic E-state index is 14.3. The number of fused-ring (bicyclic) bond motifs is 2. The van der Waals surface area contributed by atoms with Gasteiger partial charge in [-0.25, -0.2) is 28.1 Å². The van der Waals surface area contributed by atoms with Crippen LogP contribution in [0.15, 0.2) is 102 Å². The summed E-state index contributed by atoms with van der Waals surface area (Å²) < 4.78 is 43.2. The minimum absolute atomic E-state index is 0.0586. The first-order valence-electron chi connectivity index (χ1n) is 26.4. The summed E-state index contributed by atoms with van der Waals surface area (Å²) >= 11 is 1.27. The molecular weight excluding hydrogens is 985 g/mol. The highest BCUT2D eigenvalue weighted by Crippen LogP contribution is 2.53. The number of piperazine rings is 1. The van der Waals surface area contributed by atoms with Crippen molar-refractivity contribution in [1.82, 2.24) is 34.5 Å². The number of methoxy groups -OCH3 is 1. The maximum atomic E-state index is 14.3. The van der Waals surface area contributed by atoms with Crippen molar-refractivity contribution in [3.8, 4) is 17.2 Å². The molecule has 75 heavy (non-hydrogen) atoms. The number of aliphatic hydroxyl groups is 1. The summed E-state index contributed by atoms with van der Waals surface area (Å²) in [6.07, 6.45) is 12.2. The number of sulfonamides is 1. The molecule has 4 aromatic heterocycles. The summed E-state index contributed by atoms with van der Waals surface area (Å²) in [6, 6.07) is 25.1. The fraction of sp³-hybridized carbons (Fsp3) is 0.439. The van der Waals surface area contributed by atoms with Crippen molar-refractivity contribution >= 4 is 65.7 Å². The second-order valence-electron chi connectivity index (χ2n) is 22.0. The van der Waals surface area contributed by atoms with Crippen LogP contribution in [0.25, 0.3) is 21.3 Å². The Balaban J connectivity index is 0.791. The average Bonchev–Trinajstić information content (AvgIpc) is 4.09. The van der Waals surface area contributed by atoms with E-state index in [1.807, 2.05) is 19.1 Å². The molecule has 7 aromatic rings. The third kappa shape index (κ3) is 10.6. The highest BCUT2D eigenvalue weighted by atomic mass is 32.2. The minimum atomic E-state index is -4.51. The normalized spacial score (nSPS) is 21.7. The van der Waals surface area contributed by atoms with Gasteiger partial charge < -0.3 is 35.5 Å². The highest BCUT2D eigenvalue weighted by Gasteiger charge is 2.50. The van der Waals surface area contributed by atoms with E-state index in [9.17, 15) is 18.3 Å². The minimum Gasteiger partial charge on any atom is -0.497 e. The van der Waals surface area contributed by atoms with E-state index >= 15 is 0 Å². The molecule has 1 amide bonds. The van der Waals surface area contributed by atoms with Gasteiger partial charge in [0.1, 0.15) is 44.7 Å². The Morgan fingerprint density at radius 2 is 1.72 bits per heavy atom. The number of hydrogen-bond acceptors (Lipinski definition) is 15. The van der Waals surface area contributed by atoms with Gasteiger partial charge in [0.25, 0.3) is 15.9 Å². The Morgan fingerprint density at radius 3 is 2.48 bits per heavy atom. The van der Waals surface area contributed by atoms with Crippen LogP contribution in [-0.2, 0) is 16.6 Å². The number of pyridine rings is 2. The van der Waals surface area contributed by atoms with Crippen LogP contribution in [0.1, 0.15) is 111 Å². The van der Waals surface area contributed by atoms with Crippen LogP contribution in [-0.4, -0.2) is 107 Å². The highest BCUT2D eigenvalue weighted by molar-refractivity contribution is 7.90. The largest absolute Gasteiger partial charge is 0.497 e. The fourth-order valence-corrected chi connectivity index (χ4v) is 14.2. The summed E-state index contributed by atoms with van der Waals surface area (Å²) in [5.41, 5.74) is 13.5. The van der Waals surface area contributed by atoms with Crippen LogP contribution in [0.4, 0.5) is 17.2 Å². The van der Waals surface area contributed by atoms with Crippen molar-refractivity contribution in [3.05, 3.63) is 119 Å². The van der Waals surface area contributed by atoms with Crippen molar-refractivity contribution in [2.24, 2.45) is 11.3 Å². The second-order valence-corrected chi connectivity index (χ2v) is 24.5. The van der Waals surface area contributed by atoms with Crippen molar-refractivity contribution in [2.75, 3.05) is 62.3 Å². The molecule has 4 fully saturated rings. The smallest absolute Gasteiger partial charge is 0.270 e. The second kappa shape index (κ2) is 20.7. The molecule has 2 saturated heterocycles. The third-order valence-corrected chi connectivity index (χ3v) is 18.8. The summed E-state index contributed by atoms with van der Waals surface area (Å²) in [5, 5.41) is 14.7. The molecular formula is C57H68N10O6S2. The molecule has 11 rings (SSSR count). The number of carbonyl (C=O) groups is 1. The molecule has 16 nitrogen and oxygen atoms in total. The number of piperidine rings is 1. The van der Waals surface area contributed by atoms with Crippen LogP contribution in [0.5, 0.6) is 17.2 Å². The fourth-order valence-electron chi connectivity index (χ4n) is 12.2. The van der Waals surface area contributed by atoms with Gasteiger partial charge >= 0.3 is 0 Å². The van der Waals surface area contributed by atoms with E-state index in [0.717, 1.165) is 88.9 Å². The Labute approximate surface area is 443 Å². The molecule has 3 aromatic carbocycles. The van der Waals surface area contributed by atoms with Gasteiger partial charge in [0.05, 0.1) is 40.5 Å². The third-order valence-electron chi connectivity index (χ3n) is 16.6. The van der Waals surface area contributed by atoms with Gasteiger partial charge in [-0.05, 0) is 123 Å². The first-order chi connectivity index (χ1) is 36.1. The monoisotopic (exact) mass is 1050 g/mol. The number of hydrogen-bond donors (Lipinski definition) is 5. The lowest BCUT2D eigenvalue weighted by Crippen LogP contribution is -2.60. The first-order valence-corrected chi connectivity index (χ1v) is 28.7.